The fourth-order valence-electron chi connectivity index (χ4n) is 1.85. The molecule has 0 bridgehead atoms. The second-order valence-corrected chi connectivity index (χ2v) is 6.62. The molecule has 0 fully saturated rings. The minimum absolute atomic E-state index is 0.112. The molecule has 23 heavy (non-hydrogen) atoms. The van der Waals surface area contributed by atoms with Crippen molar-refractivity contribution in [2.45, 2.75) is 18.7 Å². The summed E-state index contributed by atoms with van der Waals surface area (Å²) in [5, 5.41) is 3.83. The summed E-state index contributed by atoms with van der Waals surface area (Å²) in [7, 11) is -2.39. The van der Waals surface area contributed by atoms with Gasteiger partial charge in [0, 0.05) is 5.56 Å². The molecule has 2 aromatic carbocycles. The minimum atomic E-state index is -3.76. The number of hydrazone groups is 1. The molecular formula is C16H17FN2O3S. The molecule has 0 amide bonds. The molecule has 5 nitrogen and oxygen atoms in total. The smallest absolute Gasteiger partial charge is 0.276 e. The van der Waals surface area contributed by atoms with Crippen LogP contribution in [0.4, 0.5) is 4.39 Å². The number of hydrogen-bond acceptors (Lipinski definition) is 4. The van der Waals surface area contributed by atoms with Crippen LogP contribution in [-0.4, -0.2) is 21.2 Å². The molecule has 7 heteroatoms. The Morgan fingerprint density at radius 3 is 2.39 bits per heavy atom. The number of rotatable bonds is 5. The van der Waals surface area contributed by atoms with E-state index in [-0.39, 0.29) is 10.6 Å². The Hall–Kier alpha value is -2.41. The third-order valence-electron chi connectivity index (χ3n) is 3.23. The highest BCUT2D eigenvalue weighted by Crippen LogP contribution is 2.18. The molecule has 0 saturated heterocycles. The molecule has 0 spiro atoms. The van der Waals surface area contributed by atoms with Gasteiger partial charge in [0.25, 0.3) is 10.0 Å². The molecule has 0 radical (unpaired) electrons. The minimum Gasteiger partial charge on any atom is -0.494 e. The number of nitrogens with zero attached hydrogens (tertiary/aromatic N) is 1. The lowest BCUT2D eigenvalue weighted by Crippen LogP contribution is -2.20. The van der Waals surface area contributed by atoms with E-state index in [1.165, 1.54) is 31.4 Å². The lowest BCUT2D eigenvalue weighted by Gasteiger charge is -2.07. The van der Waals surface area contributed by atoms with Gasteiger partial charge in [-0.25, -0.2) is 4.39 Å². The number of halogens is 1. The van der Waals surface area contributed by atoms with Gasteiger partial charge in [-0.2, -0.15) is 18.4 Å². The van der Waals surface area contributed by atoms with E-state index in [9.17, 15) is 12.8 Å². The summed E-state index contributed by atoms with van der Waals surface area (Å²) >= 11 is 0. The van der Waals surface area contributed by atoms with E-state index < -0.39 is 15.8 Å². The van der Waals surface area contributed by atoms with E-state index in [1.54, 1.807) is 25.1 Å². The highest BCUT2D eigenvalue weighted by atomic mass is 32.2. The fourth-order valence-corrected chi connectivity index (χ4v) is 2.71. The zero-order valence-electron chi connectivity index (χ0n) is 13.0. The summed E-state index contributed by atoms with van der Waals surface area (Å²) < 4.78 is 42.8. The van der Waals surface area contributed by atoms with Gasteiger partial charge < -0.3 is 4.74 Å². The van der Waals surface area contributed by atoms with E-state index in [4.69, 9.17) is 4.74 Å². The van der Waals surface area contributed by atoms with Gasteiger partial charge in [-0.15, -0.1) is 0 Å². The zero-order valence-corrected chi connectivity index (χ0v) is 13.8. The average Bonchev–Trinajstić information content (AvgIpc) is 2.53. The van der Waals surface area contributed by atoms with Crippen molar-refractivity contribution < 1.29 is 17.5 Å². The summed E-state index contributed by atoms with van der Waals surface area (Å²) in [6, 6.07) is 10.7. The topological polar surface area (TPSA) is 67.8 Å². The lowest BCUT2D eigenvalue weighted by molar-refractivity contribution is 0.386. The van der Waals surface area contributed by atoms with Crippen molar-refractivity contribution in [3.63, 3.8) is 0 Å². The van der Waals surface area contributed by atoms with E-state index in [0.717, 1.165) is 5.56 Å². The Morgan fingerprint density at radius 1 is 1.17 bits per heavy atom. The molecule has 0 aliphatic carbocycles. The molecule has 0 atom stereocenters. The number of aryl methyl sites for hydroxylation is 1. The van der Waals surface area contributed by atoms with Gasteiger partial charge in [-0.1, -0.05) is 17.7 Å². The molecular weight excluding hydrogens is 319 g/mol. The Bertz CT molecular complexity index is 831. The Balaban J connectivity index is 2.21. The monoisotopic (exact) mass is 336 g/mol. The van der Waals surface area contributed by atoms with E-state index in [1.807, 2.05) is 6.92 Å². The third-order valence-corrected chi connectivity index (χ3v) is 4.46. The summed E-state index contributed by atoms with van der Waals surface area (Å²) in [4.78, 5) is 2.26. The van der Waals surface area contributed by atoms with Crippen LogP contribution in [0.3, 0.4) is 0 Å². The number of hydrogen-bond donors (Lipinski definition) is 1. The van der Waals surface area contributed by atoms with Crippen molar-refractivity contribution in [1.82, 2.24) is 4.83 Å². The van der Waals surface area contributed by atoms with Gasteiger partial charge in [-0.3, -0.25) is 0 Å². The predicted molar refractivity (Wildman–Crippen MR) is 86.7 cm³/mol. The van der Waals surface area contributed by atoms with Gasteiger partial charge in [0.1, 0.15) is 0 Å². The largest absolute Gasteiger partial charge is 0.494 e. The molecule has 2 rings (SSSR count). The summed E-state index contributed by atoms with van der Waals surface area (Å²) in [5.41, 5.74) is 1.74. The summed E-state index contributed by atoms with van der Waals surface area (Å²) in [5.74, 6) is -0.428. The van der Waals surface area contributed by atoms with Crippen LogP contribution in [0, 0.1) is 12.7 Å². The standard InChI is InChI=1S/C16H17FN2O3S/c1-11-4-7-14(8-5-11)23(20,21)19-18-12(2)13-6-9-16(22-3)15(17)10-13/h4-10,19H,1-3H3/b18-12-. The normalized spacial score (nSPS) is 12.1. The molecule has 0 aliphatic heterocycles. The second-order valence-electron chi connectivity index (χ2n) is 4.95. The first kappa shape index (κ1) is 17.0. The van der Waals surface area contributed by atoms with Gasteiger partial charge >= 0.3 is 0 Å². The third kappa shape index (κ3) is 4.07. The second kappa shape index (κ2) is 6.78. The quantitative estimate of drug-likeness (QED) is 0.674. The van der Waals surface area contributed by atoms with Gasteiger partial charge in [0.15, 0.2) is 11.6 Å². The van der Waals surface area contributed by atoms with Crippen LogP contribution in [0.1, 0.15) is 18.1 Å². The molecule has 2 aromatic rings. The molecule has 0 aliphatic rings. The first-order chi connectivity index (χ1) is 10.8. The summed E-state index contributed by atoms with van der Waals surface area (Å²) in [6.45, 7) is 3.45. The number of benzene rings is 2. The maximum Gasteiger partial charge on any atom is 0.276 e. The molecule has 0 saturated carbocycles. The molecule has 0 aromatic heterocycles. The van der Waals surface area contributed by atoms with Crippen molar-refractivity contribution in [2.75, 3.05) is 7.11 Å². The van der Waals surface area contributed by atoms with Crippen molar-refractivity contribution in [1.29, 1.82) is 0 Å². The van der Waals surface area contributed by atoms with Gasteiger partial charge in [-0.05, 0) is 44.2 Å². The number of sulfonamides is 1. The maximum atomic E-state index is 13.7. The van der Waals surface area contributed by atoms with Crippen molar-refractivity contribution in [3.8, 4) is 5.75 Å². The number of ether oxygens (including phenoxy) is 1. The SMILES string of the molecule is COc1ccc(/C(C)=N\NS(=O)(=O)c2ccc(C)cc2)cc1F. The first-order valence-corrected chi connectivity index (χ1v) is 8.28. The van der Waals surface area contributed by atoms with E-state index >= 15 is 0 Å². The summed E-state index contributed by atoms with van der Waals surface area (Å²) in [6.07, 6.45) is 0. The van der Waals surface area contributed by atoms with Crippen LogP contribution in [0.2, 0.25) is 0 Å². The van der Waals surface area contributed by atoms with Crippen molar-refractivity contribution in [2.24, 2.45) is 5.10 Å². The lowest BCUT2D eigenvalue weighted by atomic mass is 10.1. The number of nitrogens with one attached hydrogen (secondary N) is 1. The fraction of sp³-hybridized carbons (Fsp3) is 0.188. The Labute approximate surface area is 134 Å². The van der Waals surface area contributed by atoms with Gasteiger partial charge in [0.2, 0.25) is 0 Å². The average molecular weight is 336 g/mol. The van der Waals surface area contributed by atoms with Crippen LogP contribution in [0.25, 0.3) is 0 Å². The molecule has 0 unspecified atom stereocenters. The Morgan fingerprint density at radius 2 is 1.83 bits per heavy atom. The van der Waals surface area contributed by atoms with Crippen LogP contribution in [0.5, 0.6) is 5.75 Å². The van der Waals surface area contributed by atoms with Crippen LogP contribution in [-0.2, 0) is 10.0 Å². The highest BCUT2D eigenvalue weighted by Gasteiger charge is 2.13. The van der Waals surface area contributed by atoms with Gasteiger partial charge in [0.05, 0.1) is 17.7 Å². The molecule has 0 heterocycles. The number of methoxy groups -OCH3 is 1. The predicted octanol–water partition coefficient (Wildman–Crippen LogP) is 2.85. The van der Waals surface area contributed by atoms with E-state index in [0.29, 0.717) is 11.3 Å². The Kier molecular flexibility index (Phi) is 5.00. The maximum absolute atomic E-state index is 13.7. The molecule has 1 N–H and O–H groups in total. The van der Waals surface area contributed by atoms with Crippen molar-refractivity contribution in [3.05, 3.63) is 59.4 Å². The molecule has 122 valence electrons. The first-order valence-electron chi connectivity index (χ1n) is 6.80. The van der Waals surface area contributed by atoms with Crippen LogP contribution < -0.4 is 9.57 Å². The zero-order chi connectivity index (χ0) is 17.0. The van der Waals surface area contributed by atoms with E-state index in [2.05, 4.69) is 9.93 Å². The highest BCUT2D eigenvalue weighted by molar-refractivity contribution is 7.89. The van der Waals surface area contributed by atoms with Crippen molar-refractivity contribution >= 4 is 15.7 Å². The van der Waals surface area contributed by atoms with Crippen LogP contribution >= 0.6 is 0 Å². The van der Waals surface area contributed by atoms with Crippen LogP contribution in [0.15, 0.2) is 52.5 Å².